The zero-order chi connectivity index (χ0) is 17.5. The van der Waals surface area contributed by atoms with Crippen molar-refractivity contribution in [2.75, 3.05) is 13.1 Å². The molecule has 24 heavy (non-hydrogen) atoms. The maximum absolute atomic E-state index is 12.8. The molecule has 5 heteroatoms. The number of piperidine rings is 1. The number of benzene rings is 1. The van der Waals surface area contributed by atoms with E-state index in [9.17, 15) is 14.7 Å². The molecule has 0 bridgehead atoms. The Hall–Kier alpha value is -2.14. The monoisotopic (exact) mass is 328 g/mol. The van der Waals surface area contributed by atoms with E-state index in [0.29, 0.717) is 24.9 Å². The average molecular weight is 328 g/mol. The molecule has 3 rings (SSSR count). The molecule has 1 saturated heterocycles. The van der Waals surface area contributed by atoms with Crippen molar-refractivity contribution in [1.82, 2.24) is 9.47 Å². The minimum atomic E-state index is -0.712. The molecule has 128 valence electrons. The van der Waals surface area contributed by atoms with Gasteiger partial charge in [0.15, 0.2) is 5.43 Å². The highest BCUT2D eigenvalue weighted by Gasteiger charge is 2.36. The van der Waals surface area contributed by atoms with Gasteiger partial charge in [0.05, 0.1) is 11.1 Å². The van der Waals surface area contributed by atoms with E-state index < -0.39 is 5.60 Å². The molecule has 0 saturated carbocycles. The molecule has 0 radical (unpaired) electrons. The number of aromatic nitrogens is 1. The Balaban J connectivity index is 1.88. The highest BCUT2D eigenvalue weighted by molar-refractivity contribution is 5.82. The number of carbonyl (C=O) groups is 1. The van der Waals surface area contributed by atoms with Gasteiger partial charge >= 0.3 is 0 Å². The number of nitrogens with zero attached hydrogens (tertiary/aromatic N) is 2. The highest BCUT2D eigenvalue weighted by Crippen LogP contribution is 2.27. The fourth-order valence-corrected chi connectivity index (χ4v) is 3.35. The number of amides is 1. The average Bonchev–Trinajstić information content (AvgIpc) is 2.54. The highest BCUT2D eigenvalue weighted by atomic mass is 16.3. The van der Waals surface area contributed by atoms with Gasteiger partial charge in [-0.1, -0.05) is 19.1 Å². The molecule has 1 aromatic heterocycles. The second-order valence-corrected chi connectivity index (χ2v) is 7.10. The third kappa shape index (κ3) is 2.96. The molecule has 1 N–H and O–H groups in total. The molecule has 0 unspecified atom stereocenters. The molecular weight excluding hydrogens is 304 g/mol. The van der Waals surface area contributed by atoms with Crippen molar-refractivity contribution in [1.29, 1.82) is 0 Å². The Kier molecular flexibility index (Phi) is 4.22. The topological polar surface area (TPSA) is 62.5 Å². The van der Waals surface area contributed by atoms with Crippen molar-refractivity contribution in [2.45, 2.75) is 39.3 Å². The van der Waals surface area contributed by atoms with Crippen LogP contribution in [0.3, 0.4) is 0 Å². The van der Waals surface area contributed by atoms with Gasteiger partial charge in [0.25, 0.3) is 0 Å². The van der Waals surface area contributed by atoms with E-state index in [1.54, 1.807) is 12.1 Å². The Morgan fingerprint density at radius 1 is 1.38 bits per heavy atom. The first-order valence-corrected chi connectivity index (χ1v) is 8.39. The van der Waals surface area contributed by atoms with Crippen LogP contribution in [-0.4, -0.2) is 39.2 Å². The molecule has 1 aliphatic heterocycles. The van der Waals surface area contributed by atoms with Gasteiger partial charge in [-0.15, -0.1) is 0 Å². The lowest BCUT2D eigenvalue weighted by atomic mass is 9.84. The van der Waals surface area contributed by atoms with Gasteiger partial charge in [0, 0.05) is 36.2 Å². The SMILES string of the molecule is Cc1cc(=O)c2ccccc2n1CC(=O)N1CC[C@](C)(O)[C@H](C)C1. The van der Waals surface area contributed by atoms with Crippen molar-refractivity contribution in [3.8, 4) is 0 Å². The molecular formula is C19H24N2O3. The van der Waals surface area contributed by atoms with Crippen LogP contribution in [0.1, 0.15) is 26.0 Å². The Bertz CT molecular complexity index is 838. The zero-order valence-corrected chi connectivity index (χ0v) is 14.5. The molecule has 1 fully saturated rings. The van der Waals surface area contributed by atoms with Crippen molar-refractivity contribution in [3.63, 3.8) is 0 Å². The molecule has 2 aromatic rings. The first-order valence-electron chi connectivity index (χ1n) is 8.39. The van der Waals surface area contributed by atoms with Crippen LogP contribution in [0.25, 0.3) is 10.9 Å². The normalized spacial score (nSPS) is 24.3. The van der Waals surface area contributed by atoms with Crippen LogP contribution < -0.4 is 5.43 Å². The van der Waals surface area contributed by atoms with Crippen LogP contribution in [0.15, 0.2) is 35.1 Å². The van der Waals surface area contributed by atoms with Crippen LogP contribution >= 0.6 is 0 Å². The third-order valence-electron chi connectivity index (χ3n) is 5.32. The quantitative estimate of drug-likeness (QED) is 0.916. The van der Waals surface area contributed by atoms with Gasteiger partial charge in [0.2, 0.25) is 5.91 Å². The molecule has 1 aliphatic rings. The number of hydrogen-bond donors (Lipinski definition) is 1. The fraction of sp³-hybridized carbons (Fsp3) is 0.474. The van der Waals surface area contributed by atoms with E-state index in [1.165, 1.54) is 0 Å². The number of aliphatic hydroxyl groups is 1. The molecule has 1 aromatic carbocycles. The number of hydrogen-bond acceptors (Lipinski definition) is 3. The van der Waals surface area contributed by atoms with E-state index in [-0.39, 0.29) is 23.8 Å². The lowest BCUT2D eigenvalue weighted by Gasteiger charge is -2.41. The number of pyridine rings is 1. The van der Waals surface area contributed by atoms with Gasteiger partial charge in [-0.05, 0) is 32.4 Å². The molecule has 5 nitrogen and oxygen atoms in total. The summed E-state index contributed by atoms with van der Waals surface area (Å²) >= 11 is 0. The van der Waals surface area contributed by atoms with E-state index in [4.69, 9.17) is 0 Å². The number of carbonyl (C=O) groups excluding carboxylic acids is 1. The number of para-hydroxylation sites is 1. The second kappa shape index (κ2) is 6.06. The van der Waals surface area contributed by atoms with Crippen molar-refractivity contribution >= 4 is 16.8 Å². The number of fused-ring (bicyclic) bond motifs is 1. The fourth-order valence-electron chi connectivity index (χ4n) is 3.35. The summed E-state index contributed by atoms with van der Waals surface area (Å²) in [6.45, 7) is 6.99. The van der Waals surface area contributed by atoms with E-state index in [2.05, 4.69) is 0 Å². The Labute approximate surface area is 141 Å². The first kappa shape index (κ1) is 16.7. The van der Waals surface area contributed by atoms with Crippen LogP contribution in [0.2, 0.25) is 0 Å². The zero-order valence-electron chi connectivity index (χ0n) is 14.5. The predicted octanol–water partition coefficient (Wildman–Crippen LogP) is 1.93. The largest absolute Gasteiger partial charge is 0.390 e. The third-order valence-corrected chi connectivity index (χ3v) is 5.32. The van der Waals surface area contributed by atoms with E-state index >= 15 is 0 Å². The van der Waals surface area contributed by atoms with Crippen LogP contribution in [-0.2, 0) is 11.3 Å². The molecule has 0 aliphatic carbocycles. The summed E-state index contributed by atoms with van der Waals surface area (Å²) in [6.07, 6.45) is 0.587. The summed E-state index contributed by atoms with van der Waals surface area (Å²) in [5, 5.41) is 10.9. The van der Waals surface area contributed by atoms with Crippen LogP contribution in [0.5, 0.6) is 0 Å². The smallest absolute Gasteiger partial charge is 0.242 e. The van der Waals surface area contributed by atoms with Crippen LogP contribution in [0, 0.1) is 12.8 Å². The summed E-state index contributed by atoms with van der Waals surface area (Å²) < 4.78 is 1.90. The summed E-state index contributed by atoms with van der Waals surface area (Å²) in [5.74, 6) is 0.0660. The molecule has 1 amide bonds. The lowest BCUT2D eigenvalue weighted by molar-refractivity contribution is -0.138. The van der Waals surface area contributed by atoms with Gasteiger partial charge in [-0.3, -0.25) is 9.59 Å². The summed E-state index contributed by atoms with van der Waals surface area (Å²) in [4.78, 5) is 26.7. The molecule has 2 heterocycles. The number of rotatable bonds is 2. The van der Waals surface area contributed by atoms with Gasteiger partial charge in [-0.2, -0.15) is 0 Å². The second-order valence-electron chi connectivity index (χ2n) is 7.10. The lowest BCUT2D eigenvalue weighted by Crippen LogP contribution is -2.51. The number of likely N-dealkylation sites (tertiary alicyclic amines) is 1. The van der Waals surface area contributed by atoms with Crippen LogP contribution in [0.4, 0.5) is 0 Å². The van der Waals surface area contributed by atoms with E-state index in [1.807, 2.05) is 48.4 Å². The molecule has 0 spiro atoms. The summed E-state index contributed by atoms with van der Waals surface area (Å²) in [7, 11) is 0. The maximum atomic E-state index is 12.8. The summed E-state index contributed by atoms with van der Waals surface area (Å²) in [5.41, 5.74) is 0.836. The van der Waals surface area contributed by atoms with E-state index in [0.717, 1.165) is 11.2 Å². The van der Waals surface area contributed by atoms with Gasteiger partial charge < -0.3 is 14.6 Å². The minimum Gasteiger partial charge on any atom is -0.390 e. The first-order chi connectivity index (χ1) is 11.3. The van der Waals surface area contributed by atoms with Crippen molar-refractivity contribution < 1.29 is 9.90 Å². The Morgan fingerprint density at radius 2 is 2.08 bits per heavy atom. The van der Waals surface area contributed by atoms with Gasteiger partial charge in [0.1, 0.15) is 6.54 Å². The maximum Gasteiger partial charge on any atom is 0.242 e. The standard InChI is InChI=1S/C19H24N2O3/c1-13-11-20(9-8-19(13,3)24)18(23)12-21-14(2)10-17(22)15-6-4-5-7-16(15)21/h4-7,10,13,24H,8-9,11-12H2,1-3H3/t13-,19+/m1/s1. The van der Waals surface area contributed by atoms with Gasteiger partial charge in [-0.25, -0.2) is 0 Å². The molecule has 2 atom stereocenters. The number of aryl methyl sites for hydroxylation is 1. The van der Waals surface area contributed by atoms with Crippen molar-refractivity contribution in [2.24, 2.45) is 5.92 Å². The Morgan fingerprint density at radius 3 is 2.79 bits per heavy atom. The predicted molar refractivity (Wildman–Crippen MR) is 93.9 cm³/mol. The minimum absolute atomic E-state index is 0.0190. The van der Waals surface area contributed by atoms with Crippen molar-refractivity contribution in [3.05, 3.63) is 46.2 Å². The summed E-state index contributed by atoms with van der Waals surface area (Å²) in [6, 6.07) is 8.96.